The van der Waals surface area contributed by atoms with E-state index in [9.17, 15) is 9.59 Å². The van der Waals surface area contributed by atoms with Gasteiger partial charge >= 0.3 is 5.97 Å². The van der Waals surface area contributed by atoms with E-state index in [0.717, 1.165) is 0 Å². The van der Waals surface area contributed by atoms with E-state index in [-0.39, 0.29) is 18.2 Å². The van der Waals surface area contributed by atoms with Gasteiger partial charge in [-0.1, -0.05) is 35.3 Å². The van der Waals surface area contributed by atoms with Crippen LogP contribution in [0.15, 0.2) is 53.2 Å². The molecule has 0 unspecified atom stereocenters. The first-order valence-corrected chi connectivity index (χ1v) is 8.17. The maximum absolute atomic E-state index is 12.0. The Hall–Kier alpha value is -2.83. The molecule has 1 aliphatic rings. The number of amides is 1. The summed E-state index contributed by atoms with van der Waals surface area (Å²) in [6.07, 6.45) is 1.57. The first-order chi connectivity index (χ1) is 12.4. The Morgan fingerprint density at radius 1 is 1.15 bits per heavy atom. The molecule has 0 bridgehead atoms. The fourth-order valence-corrected chi connectivity index (χ4v) is 2.43. The number of ether oxygens (including phenoxy) is 2. The molecule has 0 spiro atoms. The second kappa shape index (κ2) is 7.59. The van der Waals surface area contributed by atoms with Crippen LogP contribution < -0.4 is 10.5 Å². The highest BCUT2D eigenvalue weighted by Gasteiger charge is 2.24. The molecule has 0 fully saturated rings. The lowest BCUT2D eigenvalue weighted by atomic mass is 10.2. The number of halogens is 2. The van der Waals surface area contributed by atoms with Gasteiger partial charge in [0.25, 0.3) is 5.91 Å². The molecule has 8 heteroatoms. The van der Waals surface area contributed by atoms with Crippen molar-refractivity contribution in [2.75, 3.05) is 6.61 Å². The molecule has 132 valence electrons. The van der Waals surface area contributed by atoms with E-state index >= 15 is 0 Å². The Morgan fingerprint density at radius 3 is 2.54 bits per heavy atom. The van der Waals surface area contributed by atoms with Crippen molar-refractivity contribution in [1.29, 1.82) is 0 Å². The molecule has 0 saturated carbocycles. The Labute approximate surface area is 158 Å². The molecule has 2 aromatic rings. The molecular weight excluding hydrogens is 379 g/mol. The number of hydrogen-bond donors (Lipinski definition) is 1. The molecular formula is C18H12Cl2N2O4. The smallest absolute Gasteiger partial charge is 0.363 e. The van der Waals surface area contributed by atoms with Gasteiger partial charge in [0.05, 0.1) is 10.0 Å². The van der Waals surface area contributed by atoms with Crippen molar-refractivity contribution < 1.29 is 19.1 Å². The van der Waals surface area contributed by atoms with Gasteiger partial charge in [0, 0.05) is 5.56 Å². The van der Waals surface area contributed by atoms with Crippen molar-refractivity contribution >= 4 is 47.1 Å². The van der Waals surface area contributed by atoms with Crippen molar-refractivity contribution in [3.05, 3.63) is 69.3 Å². The molecule has 1 aliphatic heterocycles. The number of nitrogens with two attached hydrogens (primary N) is 1. The van der Waals surface area contributed by atoms with Crippen LogP contribution in [0.25, 0.3) is 6.08 Å². The minimum atomic E-state index is -0.569. The first-order valence-electron chi connectivity index (χ1n) is 7.41. The zero-order chi connectivity index (χ0) is 18.7. The maximum Gasteiger partial charge on any atom is 0.363 e. The molecule has 0 radical (unpaired) electrons. The molecule has 0 saturated heterocycles. The monoisotopic (exact) mass is 390 g/mol. The average Bonchev–Trinajstić information content (AvgIpc) is 2.97. The number of aliphatic imine (C=N–C) groups is 1. The quantitative estimate of drug-likeness (QED) is 0.626. The minimum absolute atomic E-state index is 0.150. The SMILES string of the molecule is NC(=O)COc1ccc(/C=C2\N=C(c3ccc(Cl)c(Cl)c3)OC2=O)cc1. The molecule has 2 aromatic carbocycles. The second-order valence-corrected chi connectivity index (χ2v) is 6.10. The first kappa shape index (κ1) is 18.0. The number of esters is 1. The minimum Gasteiger partial charge on any atom is -0.484 e. The molecule has 26 heavy (non-hydrogen) atoms. The van der Waals surface area contributed by atoms with E-state index in [2.05, 4.69) is 4.99 Å². The number of primary amides is 1. The lowest BCUT2D eigenvalue weighted by Gasteiger charge is -2.03. The van der Waals surface area contributed by atoms with Crippen LogP contribution in [0.5, 0.6) is 5.75 Å². The predicted molar refractivity (Wildman–Crippen MR) is 98.2 cm³/mol. The average molecular weight is 391 g/mol. The van der Waals surface area contributed by atoms with Gasteiger partial charge in [0.15, 0.2) is 12.3 Å². The lowest BCUT2D eigenvalue weighted by Crippen LogP contribution is -2.19. The number of cyclic esters (lactones) is 1. The number of carbonyl (C=O) groups is 2. The van der Waals surface area contributed by atoms with Crippen LogP contribution in [-0.4, -0.2) is 24.4 Å². The summed E-state index contributed by atoms with van der Waals surface area (Å²) in [6.45, 7) is -0.204. The number of hydrogen-bond acceptors (Lipinski definition) is 5. The van der Waals surface area contributed by atoms with Crippen LogP contribution in [0.2, 0.25) is 10.0 Å². The van der Waals surface area contributed by atoms with Crippen LogP contribution in [0.3, 0.4) is 0 Å². The highest BCUT2D eigenvalue weighted by Crippen LogP contribution is 2.26. The lowest BCUT2D eigenvalue weighted by molar-refractivity contribution is -0.130. The van der Waals surface area contributed by atoms with E-state index < -0.39 is 11.9 Å². The Kier molecular flexibility index (Phi) is 5.25. The van der Waals surface area contributed by atoms with E-state index in [0.29, 0.717) is 26.9 Å². The molecule has 3 rings (SSSR count). The van der Waals surface area contributed by atoms with Crippen molar-refractivity contribution in [3.63, 3.8) is 0 Å². The van der Waals surface area contributed by atoms with Crippen molar-refractivity contribution in [2.45, 2.75) is 0 Å². The Balaban J connectivity index is 1.79. The molecule has 1 amide bonds. The van der Waals surface area contributed by atoms with Crippen molar-refractivity contribution in [2.24, 2.45) is 10.7 Å². The zero-order valence-corrected chi connectivity index (χ0v) is 14.8. The van der Waals surface area contributed by atoms with Gasteiger partial charge in [0.1, 0.15) is 5.75 Å². The Bertz CT molecular complexity index is 937. The van der Waals surface area contributed by atoms with Crippen LogP contribution in [-0.2, 0) is 14.3 Å². The third-order valence-electron chi connectivity index (χ3n) is 3.35. The van der Waals surface area contributed by atoms with E-state index in [1.54, 1.807) is 48.5 Å². The molecule has 2 N–H and O–H groups in total. The van der Waals surface area contributed by atoms with E-state index in [1.165, 1.54) is 0 Å². The highest BCUT2D eigenvalue weighted by atomic mass is 35.5. The fraction of sp³-hybridized carbons (Fsp3) is 0.0556. The summed E-state index contributed by atoms with van der Waals surface area (Å²) in [4.78, 5) is 26.9. The van der Waals surface area contributed by atoms with Crippen LogP contribution in [0, 0.1) is 0 Å². The van der Waals surface area contributed by atoms with Gasteiger partial charge in [-0.3, -0.25) is 4.79 Å². The normalized spacial score (nSPS) is 14.9. The largest absolute Gasteiger partial charge is 0.484 e. The van der Waals surface area contributed by atoms with Crippen LogP contribution in [0.1, 0.15) is 11.1 Å². The topological polar surface area (TPSA) is 91.0 Å². The summed E-state index contributed by atoms with van der Waals surface area (Å²) in [6, 6.07) is 11.6. The third-order valence-corrected chi connectivity index (χ3v) is 4.09. The number of benzene rings is 2. The summed E-state index contributed by atoms with van der Waals surface area (Å²) in [5.74, 6) is -0.490. The molecule has 0 aromatic heterocycles. The van der Waals surface area contributed by atoms with E-state index in [4.69, 9.17) is 38.4 Å². The summed E-state index contributed by atoms with van der Waals surface area (Å²) in [7, 11) is 0. The number of rotatable bonds is 5. The summed E-state index contributed by atoms with van der Waals surface area (Å²) in [5.41, 5.74) is 6.43. The van der Waals surface area contributed by atoms with Gasteiger partial charge in [-0.05, 0) is 42.0 Å². The van der Waals surface area contributed by atoms with Crippen LogP contribution >= 0.6 is 23.2 Å². The zero-order valence-electron chi connectivity index (χ0n) is 13.2. The fourth-order valence-electron chi connectivity index (χ4n) is 2.13. The third kappa shape index (κ3) is 4.22. The number of carbonyl (C=O) groups excluding carboxylic acids is 2. The molecule has 0 atom stereocenters. The van der Waals surface area contributed by atoms with Gasteiger partial charge in [-0.25, -0.2) is 9.79 Å². The highest BCUT2D eigenvalue weighted by molar-refractivity contribution is 6.42. The standard InChI is InChI=1S/C18H12Cl2N2O4/c19-13-6-3-11(8-14(13)20)17-22-15(18(24)26-17)7-10-1-4-12(5-2-10)25-9-16(21)23/h1-8H,9H2,(H2,21,23)/b15-7-. The van der Waals surface area contributed by atoms with Gasteiger partial charge in [0.2, 0.25) is 5.90 Å². The molecule has 1 heterocycles. The van der Waals surface area contributed by atoms with Crippen molar-refractivity contribution in [1.82, 2.24) is 0 Å². The summed E-state index contributed by atoms with van der Waals surface area (Å²) >= 11 is 11.8. The van der Waals surface area contributed by atoms with Crippen LogP contribution in [0.4, 0.5) is 0 Å². The van der Waals surface area contributed by atoms with Gasteiger partial charge in [-0.2, -0.15) is 0 Å². The van der Waals surface area contributed by atoms with Crippen molar-refractivity contribution in [3.8, 4) is 5.75 Å². The maximum atomic E-state index is 12.0. The number of nitrogens with zero attached hydrogens (tertiary/aromatic N) is 1. The predicted octanol–water partition coefficient (Wildman–Crippen LogP) is 3.20. The molecule has 0 aliphatic carbocycles. The summed E-state index contributed by atoms with van der Waals surface area (Å²) < 4.78 is 10.4. The Morgan fingerprint density at radius 2 is 1.88 bits per heavy atom. The molecule has 6 nitrogen and oxygen atoms in total. The second-order valence-electron chi connectivity index (χ2n) is 5.29. The van der Waals surface area contributed by atoms with Gasteiger partial charge < -0.3 is 15.2 Å². The summed E-state index contributed by atoms with van der Waals surface area (Å²) in [5, 5.41) is 0.738. The van der Waals surface area contributed by atoms with E-state index in [1.807, 2.05) is 0 Å². The van der Waals surface area contributed by atoms with Gasteiger partial charge in [-0.15, -0.1) is 0 Å².